The summed E-state index contributed by atoms with van der Waals surface area (Å²) >= 11 is 1.63. The number of rotatable bonds is 5. The molecule has 1 atom stereocenters. The largest absolute Gasteiger partial charge is 0.327 e. The van der Waals surface area contributed by atoms with Crippen LogP contribution in [0.3, 0.4) is 0 Å². The van der Waals surface area contributed by atoms with Crippen molar-refractivity contribution in [2.45, 2.75) is 32.2 Å². The van der Waals surface area contributed by atoms with E-state index in [1.54, 1.807) is 11.3 Å². The number of hydrogen-bond donors (Lipinski definition) is 2. The molecule has 3 rings (SSSR count). The lowest BCUT2D eigenvalue weighted by molar-refractivity contribution is -0.116. The van der Waals surface area contributed by atoms with Gasteiger partial charge in [-0.25, -0.2) is 4.98 Å². The molecule has 0 spiro atoms. The molecule has 0 bridgehead atoms. The maximum atomic E-state index is 11.9. The molecule has 0 aliphatic heterocycles. The van der Waals surface area contributed by atoms with Crippen molar-refractivity contribution in [2.75, 3.05) is 5.32 Å². The van der Waals surface area contributed by atoms with E-state index in [2.05, 4.69) is 10.3 Å². The van der Waals surface area contributed by atoms with Crippen LogP contribution in [0, 0.1) is 12.8 Å². The molecule has 0 radical (unpaired) electrons. The molecule has 110 valence electrons. The quantitative estimate of drug-likeness (QED) is 0.891. The van der Waals surface area contributed by atoms with Gasteiger partial charge in [-0.1, -0.05) is 12.1 Å². The fourth-order valence-corrected chi connectivity index (χ4v) is 2.96. The zero-order valence-corrected chi connectivity index (χ0v) is 12.8. The van der Waals surface area contributed by atoms with Crippen molar-refractivity contribution in [1.29, 1.82) is 0 Å². The molecule has 3 N–H and O–H groups in total. The first-order valence-electron chi connectivity index (χ1n) is 7.20. The van der Waals surface area contributed by atoms with E-state index in [9.17, 15) is 4.79 Å². The molecule has 1 fully saturated rings. The number of anilines is 1. The molecule has 1 aliphatic carbocycles. The third-order valence-corrected chi connectivity index (χ3v) is 4.51. The summed E-state index contributed by atoms with van der Waals surface area (Å²) < 4.78 is 0. The molecule has 5 heteroatoms. The minimum atomic E-state index is -0.00773. The van der Waals surface area contributed by atoms with Crippen molar-refractivity contribution in [3.05, 3.63) is 34.7 Å². The number of nitrogens with two attached hydrogens (primary N) is 1. The molecule has 2 aromatic rings. The summed E-state index contributed by atoms with van der Waals surface area (Å²) in [5.41, 5.74) is 8.81. The summed E-state index contributed by atoms with van der Waals surface area (Å²) in [4.78, 5) is 16.4. The molecular weight excluding hydrogens is 282 g/mol. The highest BCUT2D eigenvalue weighted by Gasteiger charge is 2.29. The van der Waals surface area contributed by atoms with Gasteiger partial charge in [-0.15, -0.1) is 11.3 Å². The maximum Gasteiger partial charge on any atom is 0.225 e. The number of nitrogens with zero attached hydrogens (tertiary/aromatic N) is 1. The van der Waals surface area contributed by atoms with Crippen molar-refractivity contribution < 1.29 is 4.79 Å². The van der Waals surface area contributed by atoms with Gasteiger partial charge in [0.1, 0.15) is 0 Å². The van der Waals surface area contributed by atoms with E-state index < -0.39 is 0 Å². The van der Waals surface area contributed by atoms with Crippen LogP contribution in [0.25, 0.3) is 11.3 Å². The van der Waals surface area contributed by atoms with E-state index in [0.29, 0.717) is 12.3 Å². The van der Waals surface area contributed by atoms with Crippen LogP contribution in [0.4, 0.5) is 5.69 Å². The van der Waals surface area contributed by atoms with Gasteiger partial charge in [0.2, 0.25) is 5.91 Å². The first-order chi connectivity index (χ1) is 10.1. The van der Waals surface area contributed by atoms with Gasteiger partial charge in [-0.3, -0.25) is 4.79 Å². The van der Waals surface area contributed by atoms with Crippen molar-refractivity contribution in [3.8, 4) is 11.3 Å². The molecule has 1 aromatic heterocycles. The van der Waals surface area contributed by atoms with E-state index in [1.807, 2.05) is 36.6 Å². The average molecular weight is 301 g/mol. The number of hydrogen-bond acceptors (Lipinski definition) is 4. The van der Waals surface area contributed by atoms with Gasteiger partial charge in [0, 0.05) is 29.1 Å². The van der Waals surface area contributed by atoms with Gasteiger partial charge < -0.3 is 11.1 Å². The molecule has 4 nitrogen and oxygen atoms in total. The lowest BCUT2D eigenvalue weighted by Gasteiger charge is -2.10. The number of amides is 1. The highest BCUT2D eigenvalue weighted by molar-refractivity contribution is 7.09. The minimum Gasteiger partial charge on any atom is -0.327 e. The Labute approximate surface area is 128 Å². The summed E-state index contributed by atoms with van der Waals surface area (Å²) in [6, 6.07) is 7.77. The summed E-state index contributed by atoms with van der Waals surface area (Å²) in [5.74, 6) is 0.540. The second-order valence-corrected chi connectivity index (χ2v) is 6.64. The Morgan fingerprint density at radius 2 is 2.14 bits per heavy atom. The van der Waals surface area contributed by atoms with Crippen molar-refractivity contribution >= 4 is 22.9 Å². The predicted molar refractivity (Wildman–Crippen MR) is 86.2 cm³/mol. The molecule has 1 unspecified atom stereocenters. The molecular formula is C16H19N3OS. The molecule has 1 saturated carbocycles. The molecule has 21 heavy (non-hydrogen) atoms. The number of benzene rings is 1. The zero-order chi connectivity index (χ0) is 14.8. The second-order valence-electron chi connectivity index (χ2n) is 5.58. The molecule has 1 amide bonds. The Hall–Kier alpha value is -1.72. The number of aryl methyl sites for hydroxylation is 1. The third-order valence-electron chi connectivity index (χ3n) is 3.73. The van der Waals surface area contributed by atoms with Crippen LogP contribution >= 0.6 is 11.3 Å². The highest BCUT2D eigenvalue weighted by atomic mass is 32.1. The average Bonchev–Trinajstić information content (AvgIpc) is 3.22. The Morgan fingerprint density at radius 1 is 1.43 bits per heavy atom. The summed E-state index contributed by atoms with van der Waals surface area (Å²) in [7, 11) is 0. The second kappa shape index (κ2) is 5.95. The highest BCUT2D eigenvalue weighted by Crippen LogP contribution is 2.32. The zero-order valence-electron chi connectivity index (χ0n) is 12.0. The van der Waals surface area contributed by atoms with Crippen molar-refractivity contribution in [2.24, 2.45) is 11.7 Å². The Kier molecular flexibility index (Phi) is 4.03. The maximum absolute atomic E-state index is 11.9. The first-order valence-corrected chi connectivity index (χ1v) is 8.08. The Morgan fingerprint density at radius 3 is 2.71 bits per heavy atom. The summed E-state index contributed by atoms with van der Waals surface area (Å²) in [5, 5.41) is 5.99. The van der Waals surface area contributed by atoms with Gasteiger partial charge >= 0.3 is 0 Å². The lowest BCUT2D eigenvalue weighted by Crippen LogP contribution is -2.28. The normalized spacial score (nSPS) is 15.7. The Bertz CT molecular complexity index is 631. The molecule has 1 aromatic carbocycles. The topological polar surface area (TPSA) is 68.0 Å². The van der Waals surface area contributed by atoms with Gasteiger partial charge in [0.25, 0.3) is 0 Å². The standard InChI is InChI=1S/C16H19N3OS/c1-10-18-15(9-21-10)12-4-6-13(7-5-12)19-16(20)8-14(17)11-2-3-11/h4-7,9,11,14H,2-3,8,17H2,1H3,(H,19,20). The van der Waals surface area contributed by atoms with Crippen molar-refractivity contribution in [3.63, 3.8) is 0 Å². The molecule has 1 heterocycles. The Balaban J connectivity index is 1.60. The summed E-state index contributed by atoms with van der Waals surface area (Å²) in [6.07, 6.45) is 2.73. The number of aromatic nitrogens is 1. The van der Waals surface area contributed by atoms with Gasteiger partial charge in [0.05, 0.1) is 10.7 Å². The van der Waals surface area contributed by atoms with Crippen LogP contribution in [-0.2, 0) is 4.79 Å². The number of carbonyl (C=O) groups excluding carboxylic acids is 1. The van der Waals surface area contributed by atoms with Crippen LogP contribution in [0.2, 0.25) is 0 Å². The van der Waals surface area contributed by atoms with Crippen LogP contribution in [0.1, 0.15) is 24.3 Å². The third kappa shape index (κ3) is 3.68. The SMILES string of the molecule is Cc1nc(-c2ccc(NC(=O)CC(N)C3CC3)cc2)cs1. The van der Waals surface area contributed by atoms with Gasteiger partial charge in [-0.2, -0.15) is 0 Å². The van der Waals surface area contributed by atoms with E-state index in [4.69, 9.17) is 5.73 Å². The molecule has 1 aliphatic rings. The van der Waals surface area contributed by atoms with Gasteiger partial charge in [0.15, 0.2) is 0 Å². The smallest absolute Gasteiger partial charge is 0.225 e. The van der Waals surface area contributed by atoms with Crippen LogP contribution in [-0.4, -0.2) is 16.9 Å². The minimum absolute atomic E-state index is 0.00209. The van der Waals surface area contributed by atoms with E-state index >= 15 is 0 Å². The van der Waals surface area contributed by atoms with Gasteiger partial charge in [-0.05, 0) is 37.8 Å². The molecule has 0 saturated heterocycles. The van der Waals surface area contributed by atoms with E-state index in [1.165, 1.54) is 0 Å². The number of carbonyl (C=O) groups is 1. The number of thiazole rings is 1. The van der Waals surface area contributed by atoms with Crippen LogP contribution in [0.15, 0.2) is 29.6 Å². The fraction of sp³-hybridized carbons (Fsp3) is 0.375. The summed E-state index contributed by atoms with van der Waals surface area (Å²) in [6.45, 7) is 1.99. The van der Waals surface area contributed by atoms with E-state index in [0.717, 1.165) is 34.8 Å². The van der Waals surface area contributed by atoms with Crippen LogP contribution in [0.5, 0.6) is 0 Å². The number of nitrogens with one attached hydrogen (secondary N) is 1. The first kappa shape index (κ1) is 14.2. The van der Waals surface area contributed by atoms with Crippen LogP contribution < -0.4 is 11.1 Å². The van der Waals surface area contributed by atoms with E-state index in [-0.39, 0.29) is 11.9 Å². The van der Waals surface area contributed by atoms with Crippen molar-refractivity contribution in [1.82, 2.24) is 4.98 Å². The lowest BCUT2D eigenvalue weighted by atomic mass is 10.1. The monoisotopic (exact) mass is 301 g/mol. The fourth-order valence-electron chi connectivity index (χ4n) is 2.34. The predicted octanol–water partition coefficient (Wildman–Crippen LogP) is 3.18.